The van der Waals surface area contributed by atoms with Crippen molar-refractivity contribution in [3.05, 3.63) is 12.3 Å². The molecule has 1 aromatic heterocycles. The summed E-state index contributed by atoms with van der Waals surface area (Å²) < 4.78 is 0. The Kier molecular flexibility index (Phi) is 2.31. The topological polar surface area (TPSA) is 75.3 Å². The molecule has 0 radical (unpaired) electrons. The van der Waals surface area contributed by atoms with Crippen molar-refractivity contribution in [1.29, 1.82) is 0 Å². The summed E-state index contributed by atoms with van der Waals surface area (Å²) in [7, 11) is 0. The number of rotatable bonds is 1. The largest absolute Gasteiger partial charge is 0.388 e. The zero-order chi connectivity index (χ0) is 12.0. The Labute approximate surface area is 95.3 Å². The van der Waals surface area contributed by atoms with Crippen LogP contribution in [0.15, 0.2) is 12.3 Å². The maximum atomic E-state index is 10.3. The van der Waals surface area contributed by atoms with Crippen LogP contribution < -0.4 is 10.6 Å². The van der Waals surface area contributed by atoms with Gasteiger partial charge in [0.05, 0.1) is 5.60 Å². The predicted octanol–water partition coefficient (Wildman–Crippen LogP) is 0.656. The van der Waals surface area contributed by atoms with Gasteiger partial charge in [-0.2, -0.15) is 4.98 Å². The molecule has 0 spiro atoms. The molecule has 1 aliphatic rings. The number of nitrogens with two attached hydrogens (primary N) is 1. The highest BCUT2D eigenvalue weighted by molar-refractivity contribution is 5.40. The van der Waals surface area contributed by atoms with Crippen LogP contribution in [0, 0.1) is 5.41 Å². The summed E-state index contributed by atoms with van der Waals surface area (Å²) in [6, 6.07) is 1.66. The van der Waals surface area contributed by atoms with Crippen LogP contribution in [-0.2, 0) is 0 Å². The van der Waals surface area contributed by atoms with E-state index in [9.17, 15) is 5.11 Å². The molecule has 0 saturated carbocycles. The third-order valence-corrected chi connectivity index (χ3v) is 3.49. The first-order valence-corrected chi connectivity index (χ1v) is 5.38. The lowest BCUT2D eigenvalue weighted by Crippen LogP contribution is -2.40. The summed E-state index contributed by atoms with van der Waals surface area (Å²) in [5, 5.41) is 10.3. The van der Waals surface area contributed by atoms with Crippen LogP contribution >= 0.6 is 0 Å². The number of anilines is 2. The number of nitrogens with zero attached hydrogens (tertiary/aromatic N) is 3. The maximum absolute atomic E-state index is 10.3. The smallest absolute Gasteiger partial charge is 0.227 e. The van der Waals surface area contributed by atoms with Crippen molar-refractivity contribution >= 4 is 11.8 Å². The SMILES string of the molecule is CC1(C)CN(c2nccc(N)n2)C[C@]1(C)O. The van der Waals surface area contributed by atoms with Crippen LogP contribution in [-0.4, -0.2) is 33.8 Å². The van der Waals surface area contributed by atoms with E-state index in [1.54, 1.807) is 12.3 Å². The van der Waals surface area contributed by atoms with E-state index in [1.165, 1.54) is 0 Å². The van der Waals surface area contributed by atoms with E-state index in [4.69, 9.17) is 5.73 Å². The average Bonchev–Trinajstić information content (AvgIpc) is 2.36. The molecule has 1 fully saturated rings. The molecule has 0 bridgehead atoms. The molecule has 1 aromatic rings. The lowest BCUT2D eigenvalue weighted by atomic mass is 9.79. The van der Waals surface area contributed by atoms with Crippen LogP contribution in [0.3, 0.4) is 0 Å². The quantitative estimate of drug-likeness (QED) is 0.730. The second kappa shape index (κ2) is 3.31. The van der Waals surface area contributed by atoms with Gasteiger partial charge in [0.1, 0.15) is 5.82 Å². The molecule has 0 amide bonds. The summed E-state index contributed by atoms with van der Waals surface area (Å²) in [6.45, 7) is 7.19. The van der Waals surface area contributed by atoms with Gasteiger partial charge in [-0.25, -0.2) is 4.98 Å². The van der Waals surface area contributed by atoms with E-state index in [-0.39, 0.29) is 5.41 Å². The minimum Gasteiger partial charge on any atom is -0.388 e. The number of hydrogen-bond donors (Lipinski definition) is 2. The van der Waals surface area contributed by atoms with Gasteiger partial charge in [-0.15, -0.1) is 0 Å². The molecule has 2 rings (SSSR count). The van der Waals surface area contributed by atoms with Gasteiger partial charge >= 0.3 is 0 Å². The fourth-order valence-electron chi connectivity index (χ4n) is 1.94. The van der Waals surface area contributed by atoms with Crippen molar-refractivity contribution in [2.45, 2.75) is 26.4 Å². The van der Waals surface area contributed by atoms with Gasteiger partial charge in [0, 0.05) is 24.7 Å². The third kappa shape index (κ3) is 1.71. The highest BCUT2D eigenvalue weighted by Gasteiger charge is 2.48. The Hall–Kier alpha value is -1.36. The Balaban J connectivity index is 2.27. The van der Waals surface area contributed by atoms with E-state index < -0.39 is 5.60 Å². The second-order valence-corrected chi connectivity index (χ2v) is 5.30. The van der Waals surface area contributed by atoms with Crippen LogP contribution in [0.5, 0.6) is 0 Å². The first-order valence-electron chi connectivity index (χ1n) is 5.38. The van der Waals surface area contributed by atoms with Gasteiger partial charge in [-0.05, 0) is 13.0 Å². The number of aliphatic hydroxyl groups is 1. The zero-order valence-electron chi connectivity index (χ0n) is 9.94. The van der Waals surface area contributed by atoms with Gasteiger partial charge in [-0.3, -0.25) is 0 Å². The van der Waals surface area contributed by atoms with Crippen LogP contribution in [0.1, 0.15) is 20.8 Å². The van der Waals surface area contributed by atoms with Gasteiger partial charge in [0.15, 0.2) is 0 Å². The predicted molar refractivity (Wildman–Crippen MR) is 63.1 cm³/mol. The molecule has 5 heteroatoms. The molecule has 3 N–H and O–H groups in total. The Morgan fingerprint density at radius 2 is 2.06 bits per heavy atom. The number of hydrogen-bond acceptors (Lipinski definition) is 5. The fourth-order valence-corrected chi connectivity index (χ4v) is 1.94. The first kappa shape index (κ1) is 11.1. The monoisotopic (exact) mass is 222 g/mol. The molecule has 0 aliphatic carbocycles. The highest BCUT2D eigenvalue weighted by Crippen LogP contribution is 2.39. The van der Waals surface area contributed by atoms with E-state index >= 15 is 0 Å². The zero-order valence-corrected chi connectivity index (χ0v) is 9.94. The lowest BCUT2D eigenvalue weighted by molar-refractivity contribution is -0.00891. The Morgan fingerprint density at radius 1 is 1.38 bits per heavy atom. The first-order chi connectivity index (χ1) is 7.32. The molecule has 1 atom stereocenters. The van der Waals surface area contributed by atoms with E-state index in [0.29, 0.717) is 18.3 Å². The summed E-state index contributed by atoms with van der Waals surface area (Å²) >= 11 is 0. The molecular formula is C11H18N4O. The summed E-state index contributed by atoms with van der Waals surface area (Å²) in [5.74, 6) is 1.04. The molecule has 5 nitrogen and oxygen atoms in total. The van der Waals surface area contributed by atoms with E-state index in [2.05, 4.69) is 9.97 Å². The van der Waals surface area contributed by atoms with Crippen molar-refractivity contribution in [2.24, 2.45) is 5.41 Å². The van der Waals surface area contributed by atoms with Crippen LogP contribution in [0.25, 0.3) is 0 Å². The summed E-state index contributed by atoms with van der Waals surface area (Å²) in [4.78, 5) is 10.3. The van der Waals surface area contributed by atoms with Gasteiger partial charge < -0.3 is 15.7 Å². The second-order valence-electron chi connectivity index (χ2n) is 5.30. The average molecular weight is 222 g/mol. The molecule has 0 unspecified atom stereocenters. The Bertz CT molecular complexity index is 387. The minimum absolute atomic E-state index is 0.180. The Morgan fingerprint density at radius 3 is 2.56 bits per heavy atom. The highest BCUT2D eigenvalue weighted by atomic mass is 16.3. The molecule has 16 heavy (non-hydrogen) atoms. The maximum Gasteiger partial charge on any atom is 0.227 e. The van der Waals surface area contributed by atoms with Crippen LogP contribution in [0.2, 0.25) is 0 Å². The van der Waals surface area contributed by atoms with Gasteiger partial charge in [0.25, 0.3) is 0 Å². The number of aromatic nitrogens is 2. The lowest BCUT2D eigenvalue weighted by Gasteiger charge is -2.30. The van der Waals surface area contributed by atoms with Crippen molar-refractivity contribution in [2.75, 3.05) is 23.7 Å². The number of nitrogen functional groups attached to an aromatic ring is 1. The molecule has 1 saturated heterocycles. The summed E-state index contributed by atoms with van der Waals surface area (Å²) in [5.41, 5.74) is 4.71. The third-order valence-electron chi connectivity index (χ3n) is 3.49. The fraction of sp³-hybridized carbons (Fsp3) is 0.636. The normalized spacial score (nSPS) is 28.4. The van der Waals surface area contributed by atoms with Crippen molar-refractivity contribution in [1.82, 2.24) is 9.97 Å². The van der Waals surface area contributed by atoms with E-state index in [1.807, 2.05) is 25.7 Å². The van der Waals surface area contributed by atoms with Gasteiger partial charge in [0.2, 0.25) is 5.95 Å². The van der Waals surface area contributed by atoms with Crippen molar-refractivity contribution in [3.8, 4) is 0 Å². The van der Waals surface area contributed by atoms with Crippen molar-refractivity contribution < 1.29 is 5.11 Å². The summed E-state index contributed by atoms with van der Waals surface area (Å²) in [6.07, 6.45) is 1.64. The standard InChI is InChI=1S/C11H18N4O/c1-10(2)6-15(7-11(10,3)16)9-13-5-4-8(12)14-9/h4-5,16H,6-7H2,1-3H3,(H2,12,13,14)/t11-/m0/s1. The molecule has 1 aliphatic heterocycles. The molecule has 0 aromatic carbocycles. The number of β-amino-alcohol motifs (C(OH)–C–C–N with tert-alkyl or cyclic N) is 1. The van der Waals surface area contributed by atoms with Crippen molar-refractivity contribution in [3.63, 3.8) is 0 Å². The molecule has 2 heterocycles. The molecular weight excluding hydrogens is 204 g/mol. The van der Waals surface area contributed by atoms with Crippen LogP contribution in [0.4, 0.5) is 11.8 Å². The van der Waals surface area contributed by atoms with E-state index in [0.717, 1.165) is 6.54 Å². The van der Waals surface area contributed by atoms with Gasteiger partial charge in [-0.1, -0.05) is 13.8 Å². The molecule has 88 valence electrons. The minimum atomic E-state index is -0.735.